The molecule has 276 valence electrons. The van der Waals surface area contributed by atoms with Gasteiger partial charge in [-0.2, -0.15) is 0 Å². The molecule has 1 atom stereocenters. The number of nitrogens with one attached hydrogen (secondary N) is 3. The van der Waals surface area contributed by atoms with Crippen LogP contribution in [0.15, 0.2) is 67.0 Å². The monoisotopic (exact) mass is 727 g/mol. The van der Waals surface area contributed by atoms with Gasteiger partial charge in [0, 0.05) is 74.0 Å². The molecule has 54 heavy (non-hydrogen) atoms. The summed E-state index contributed by atoms with van der Waals surface area (Å²) in [5, 5.41) is 9.75. The zero-order valence-electron chi connectivity index (χ0n) is 30.2. The van der Waals surface area contributed by atoms with E-state index in [1.807, 2.05) is 41.4 Å². The summed E-state index contributed by atoms with van der Waals surface area (Å²) in [6.45, 7) is 6.07. The highest BCUT2D eigenvalue weighted by Gasteiger charge is 2.29. The minimum absolute atomic E-state index is 0.0560. The van der Waals surface area contributed by atoms with Crippen LogP contribution in [0, 0.1) is 0 Å². The van der Waals surface area contributed by atoms with Gasteiger partial charge in [-0.05, 0) is 61.4 Å². The molecule has 4 aromatic heterocycles. The van der Waals surface area contributed by atoms with Gasteiger partial charge in [0.15, 0.2) is 0 Å². The van der Waals surface area contributed by atoms with Crippen molar-refractivity contribution in [3.8, 4) is 22.5 Å². The van der Waals surface area contributed by atoms with Gasteiger partial charge >= 0.3 is 0 Å². The lowest BCUT2D eigenvalue weighted by molar-refractivity contribution is -0.134. The van der Waals surface area contributed by atoms with E-state index in [4.69, 9.17) is 9.97 Å². The standard InChI is InChI=1S/C40H41N9O5/c1-3-35-46-37(34-23-48(24(2)50)18-19-49(34)35)28-11-6-8-25-20-33(43-22-29(25)28)26-13-14-30(42-21-26)38(52)41-17-5-4-9-27-10-7-12-31(44-27)39(53)45-32-15-16-36(51)47-40(32)54/h6-8,10-14,20-22,32H,3-5,9,15-19,23H2,1-2H3,(H,41,52)(H,45,53)(H,47,51,54). The van der Waals surface area contributed by atoms with Crippen LogP contribution in [0.3, 0.4) is 0 Å². The summed E-state index contributed by atoms with van der Waals surface area (Å²) in [5.74, 6) is -0.540. The summed E-state index contributed by atoms with van der Waals surface area (Å²) in [7, 11) is 0. The molecule has 14 nitrogen and oxygen atoms in total. The first-order valence-corrected chi connectivity index (χ1v) is 18.3. The normalized spacial score (nSPS) is 15.4. The smallest absolute Gasteiger partial charge is 0.270 e. The van der Waals surface area contributed by atoms with Crippen LogP contribution in [0.1, 0.15) is 77.7 Å². The number of fused-ring (bicyclic) bond motifs is 2. The molecule has 0 spiro atoms. The molecular weight excluding hydrogens is 686 g/mol. The number of imide groups is 1. The first kappa shape index (κ1) is 36.1. The lowest BCUT2D eigenvalue weighted by Crippen LogP contribution is -2.52. The molecule has 0 saturated carbocycles. The zero-order valence-corrected chi connectivity index (χ0v) is 30.2. The molecule has 6 heterocycles. The van der Waals surface area contributed by atoms with Crippen molar-refractivity contribution >= 4 is 40.3 Å². The highest BCUT2D eigenvalue weighted by atomic mass is 16.2. The van der Waals surface area contributed by atoms with Crippen molar-refractivity contribution in [2.75, 3.05) is 13.1 Å². The molecule has 2 aliphatic heterocycles. The maximum absolute atomic E-state index is 12.9. The predicted octanol–water partition coefficient (Wildman–Crippen LogP) is 3.77. The Morgan fingerprint density at radius 2 is 1.78 bits per heavy atom. The number of aromatic nitrogens is 5. The third-order valence-electron chi connectivity index (χ3n) is 9.89. The van der Waals surface area contributed by atoms with Gasteiger partial charge in [-0.1, -0.05) is 31.2 Å². The summed E-state index contributed by atoms with van der Waals surface area (Å²) >= 11 is 0. The molecule has 0 aliphatic carbocycles. The summed E-state index contributed by atoms with van der Waals surface area (Å²) in [4.78, 5) is 81.6. The quantitative estimate of drug-likeness (QED) is 0.135. The van der Waals surface area contributed by atoms with E-state index in [1.54, 1.807) is 31.3 Å². The van der Waals surface area contributed by atoms with E-state index < -0.39 is 17.9 Å². The van der Waals surface area contributed by atoms with Gasteiger partial charge < -0.3 is 20.1 Å². The highest BCUT2D eigenvalue weighted by Crippen LogP contribution is 2.34. The largest absolute Gasteiger partial charge is 0.351 e. The maximum atomic E-state index is 12.9. The van der Waals surface area contributed by atoms with Crippen LogP contribution in [0.25, 0.3) is 33.3 Å². The molecule has 5 aromatic rings. The van der Waals surface area contributed by atoms with Crippen molar-refractivity contribution in [2.45, 2.75) is 71.5 Å². The predicted molar refractivity (Wildman–Crippen MR) is 200 cm³/mol. The molecule has 1 unspecified atom stereocenters. The lowest BCUT2D eigenvalue weighted by atomic mass is 10.0. The van der Waals surface area contributed by atoms with E-state index in [9.17, 15) is 24.0 Å². The minimum atomic E-state index is -0.767. The Balaban J connectivity index is 0.934. The van der Waals surface area contributed by atoms with Gasteiger partial charge in [-0.3, -0.25) is 39.3 Å². The van der Waals surface area contributed by atoms with Crippen molar-refractivity contribution in [1.29, 1.82) is 0 Å². The Morgan fingerprint density at radius 3 is 2.56 bits per heavy atom. The van der Waals surface area contributed by atoms with Crippen LogP contribution in [-0.2, 0) is 40.3 Å². The SMILES string of the molecule is CCc1nc(-c2cccc3cc(-c4ccc(C(=O)NCCCCc5cccc(C(=O)NC6CCC(=O)NC6=O)n5)nc4)ncc23)c2n1CCN(C(C)=O)C2. The number of hydrogen-bond donors (Lipinski definition) is 3. The molecule has 1 fully saturated rings. The summed E-state index contributed by atoms with van der Waals surface area (Å²) in [6, 6.07) is 16.0. The fraction of sp³-hybridized carbons (Fsp3) is 0.325. The average Bonchev–Trinajstić information content (AvgIpc) is 3.56. The minimum Gasteiger partial charge on any atom is -0.351 e. The number of piperidine rings is 1. The molecule has 3 N–H and O–H groups in total. The molecule has 7 rings (SSSR count). The van der Waals surface area contributed by atoms with E-state index in [2.05, 4.69) is 43.5 Å². The van der Waals surface area contributed by atoms with Gasteiger partial charge in [-0.15, -0.1) is 0 Å². The summed E-state index contributed by atoms with van der Waals surface area (Å²) in [6.07, 6.45) is 6.75. The van der Waals surface area contributed by atoms with Gasteiger partial charge in [0.2, 0.25) is 17.7 Å². The number of aryl methyl sites for hydroxylation is 2. The van der Waals surface area contributed by atoms with Crippen molar-refractivity contribution in [3.63, 3.8) is 0 Å². The van der Waals surface area contributed by atoms with Crippen LogP contribution in [0.5, 0.6) is 0 Å². The van der Waals surface area contributed by atoms with Crippen LogP contribution < -0.4 is 16.0 Å². The Morgan fingerprint density at radius 1 is 0.926 bits per heavy atom. The van der Waals surface area contributed by atoms with Crippen molar-refractivity contribution in [3.05, 3.63) is 95.6 Å². The molecular formula is C40H41N9O5. The first-order valence-electron chi connectivity index (χ1n) is 18.3. The molecule has 2 aliphatic rings. The van der Waals surface area contributed by atoms with Gasteiger partial charge in [-0.25, -0.2) is 9.97 Å². The Labute approximate surface area is 311 Å². The zero-order chi connectivity index (χ0) is 37.8. The van der Waals surface area contributed by atoms with Gasteiger partial charge in [0.25, 0.3) is 11.8 Å². The Kier molecular flexibility index (Phi) is 10.5. The average molecular weight is 728 g/mol. The Hall–Kier alpha value is -6.31. The van der Waals surface area contributed by atoms with Crippen LogP contribution in [0.4, 0.5) is 0 Å². The number of unbranched alkanes of at least 4 members (excludes halogenated alkanes) is 1. The highest BCUT2D eigenvalue weighted by molar-refractivity contribution is 6.03. The van der Waals surface area contributed by atoms with Gasteiger partial charge in [0.05, 0.1) is 23.6 Å². The number of carbonyl (C=O) groups excluding carboxylic acids is 5. The van der Waals surface area contributed by atoms with E-state index in [1.165, 1.54) is 0 Å². The molecule has 5 amide bonds. The molecule has 14 heteroatoms. The van der Waals surface area contributed by atoms with E-state index in [0.29, 0.717) is 38.2 Å². The van der Waals surface area contributed by atoms with Gasteiger partial charge in [0.1, 0.15) is 23.3 Å². The Bertz CT molecular complexity index is 2270. The first-order chi connectivity index (χ1) is 26.2. The van der Waals surface area contributed by atoms with Crippen molar-refractivity contribution in [2.24, 2.45) is 0 Å². The van der Waals surface area contributed by atoms with Crippen molar-refractivity contribution in [1.82, 2.24) is 45.4 Å². The summed E-state index contributed by atoms with van der Waals surface area (Å²) in [5.41, 5.74) is 5.64. The fourth-order valence-electron chi connectivity index (χ4n) is 6.94. The van der Waals surface area contributed by atoms with Crippen molar-refractivity contribution < 1.29 is 24.0 Å². The number of carbonyl (C=O) groups is 5. The lowest BCUT2D eigenvalue weighted by Gasteiger charge is -2.28. The van der Waals surface area contributed by atoms with E-state index in [-0.39, 0.29) is 36.3 Å². The van der Waals surface area contributed by atoms with E-state index in [0.717, 1.165) is 69.9 Å². The second-order valence-electron chi connectivity index (χ2n) is 13.5. The molecule has 0 radical (unpaired) electrons. The number of hydrogen-bond acceptors (Lipinski definition) is 9. The second-order valence-corrected chi connectivity index (χ2v) is 13.5. The third-order valence-corrected chi connectivity index (χ3v) is 9.89. The number of rotatable bonds is 11. The van der Waals surface area contributed by atoms with Crippen LogP contribution in [0.2, 0.25) is 0 Å². The number of pyridine rings is 3. The number of imidazole rings is 1. The number of nitrogens with zero attached hydrogens (tertiary/aromatic N) is 6. The second kappa shape index (κ2) is 15.7. The van der Waals surface area contributed by atoms with Crippen LogP contribution >= 0.6 is 0 Å². The maximum Gasteiger partial charge on any atom is 0.270 e. The van der Waals surface area contributed by atoms with Crippen LogP contribution in [-0.4, -0.2) is 78.1 Å². The molecule has 1 saturated heterocycles. The molecule has 1 aromatic carbocycles. The molecule has 0 bridgehead atoms. The fourth-order valence-corrected chi connectivity index (χ4v) is 6.94. The van der Waals surface area contributed by atoms with E-state index >= 15 is 0 Å². The number of amides is 5. The topological polar surface area (TPSA) is 181 Å². The number of benzene rings is 1. The summed E-state index contributed by atoms with van der Waals surface area (Å²) < 4.78 is 2.25. The third kappa shape index (κ3) is 7.72.